The van der Waals surface area contributed by atoms with Gasteiger partial charge < -0.3 is 9.47 Å². The van der Waals surface area contributed by atoms with Gasteiger partial charge in [0.2, 0.25) is 0 Å². The van der Waals surface area contributed by atoms with E-state index in [2.05, 4.69) is 39.8 Å². The van der Waals surface area contributed by atoms with Crippen LogP contribution in [0.2, 0.25) is 0 Å². The van der Waals surface area contributed by atoms with Gasteiger partial charge >= 0.3 is 0 Å². The van der Waals surface area contributed by atoms with Crippen molar-refractivity contribution in [3.63, 3.8) is 0 Å². The summed E-state index contributed by atoms with van der Waals surface area (Å²) in [5.74, 6) is 3.20. The van der Waals surface area contributed by atoms with E-state index < -0.39 is 0 Å². The van der Waals surface area contributed by atoms with Gasteiger partial charge in [-0.15, -0.1) is 0 Å². The molecule has 0 heterocycles. The van der Waals surface area contributed by atoms with Crippen LogP contribution in [-0.4, -0.2) is 25.4 Å². The highest BCUT2D eigenvalue weighted by Gasteiger charge is 2.60. The number of rotatable bonds is 4. The summed E-state index contributed by atoms with van der Waals surface area (Å²) in [7, 11) is 0. The van der Waals surface area contributed by atoms with Crippen LogP contribution < -0.4 is 0 Å². The van der Waals surface area contributed by atoms with Crippen LogP contribution in [0.1, 0.15) is 72.6 Å². The van der Waals surface area contributed by atoms with E-state index in [-0.39, 0.29) is 0 Å². The summed E-state index contributed by atoms with van der Waals surface area (Å²) in [5, 5.41) is 0. The highest BCUT2D eigenvalue weighted by molar-refractivity contribution is 5.17. The van der Waals surface area contributed by atoms with E-state index in [1.54, 1.807) is 0 Å². The van der Waals surface area contributed by atoms with Gasteiger partial charge in [-0.1, -0.05) is 26.0 Å². The zero-order chi connectivity index (χ0) is 17.7. The van der Waals surface area contributed by atoms with Gasteiger partial charge in [0.05, 0.1) is 12.2 Å². The topological polar surface area (TPSA) is 18.5 Å². The quantitative estimate of drug-likeness (QED) is 0.616. The molecule has 0 radical (unpaired) electrons. The predicted octanol–water partition coefficient (Wildman–Crippen LogP) is 5.62. The zero-order valence-corrected chi connectivity index (χ0v) is 16.8. The van der Waals surface area contributed by atoms with E-state index in [0.717, 1.165) is 36.9 Å². The van der Waals surface area contributed by atoms with Crippen molar-refractivity contribution in [2.75, 3.05) is 13.2 Å². The molecule has 2 nitrogen and oxygen atoms in total. The van der Waals surface area contributed by atoms with Gasteiger partial charge in [-0.05, 0) is 93.3 Å². The van der Waals surface area contributed by atoms with Crippen molar-refractivity contribution >= 4 is 0 Å². The highest BCUT2D eigenvalue weighted by Crippen LogP contribution is 2.65. The van der Waals surface area contributed by atoms with E-state index in [1.807, 2.05) is 0 Å². The van der Waals surface area contributed by atoms with E-state index in [9.17, 15) is 0 Å². The molecule has 4 aliphatic carbocycles. The smallest absolute Gasteiger partial charge is 0.0611 e. The number of ether oxygens (including phenoxy) is 2. The Hall–Kier alpha value is -0.340. The van der Waals surface area contributed by atoms with Gasteiger partial charge in [-0.25, -0.2) is 0 Å². The Morgan fingerprint density at radius 3 is 2.56 bits per heavy atom. The van der Waals surface area contributed by atoms with Crippen LogP contribution in [0.5, 0.6) is 0 Å². The third-order valence-corrected chi connectivity index (χ3v) is 8.67. The average molecular weight is 347 g/mol. The largest absolute Gasteiger partial charge is 0.378 e. The minimum Gasteiger partial charge on any atom is -0.378 e. The van der Waals surface area contributed by atoms with Crippen molar-refractivity contribution in [2.24, 2.45) is 34.5 Å². The Morgan fingerprint density at radius 1 is 1.00 bits per heavy atom. The van der Waals surface area contributed by atoms with Crippen LogP contribution in [0.15, 0.2) is 12.2 Å². The number of fused-ring (bicyclic) bond motifs is 5. The normalized spacial score (nSPS) is 51.7. The molecule has 4 aliphatic rings. The van der Waals surface area contributed by atoms with Gasteiger partial charge in [0.1, 0.15) is 0 Å². The van der Waals surface area contributed by atoms with Gasteiger partial charge in [-0.2, -0.15) is 0 Å². The lowest BCUT2D eigenvalue weighted by Crippen LogP contribution is -2.58. The molecule has 0 N–H and O–H groups in total. The molecule has 8 atom stereocenters. The summed E-state index contributed by atoms with van der Waals surface area (Å²) >= 11 is 0. The van der Waals surface area contributed by atoms with Crippen LogP contribution >= 0.6 is 0 Å². The fourth-order valence-corrected chi connectivity index (χ4v) is 7.50. The van der Waals surface area contributed by atoms with E-state index in [1.165, 1.54) is 44.9 Å². The molecule has 0 aromatic heterocycles. The first-order chi connectivity index (χ1) is 12.0. The maximum atomic E-state index is 6.41. The van der Waals surface area contributed by atoms with Crippen molar-refractivity contribution in [1.29, 1.82) is 0 Å². The molecule has 0 amide bonds. The summed E-state index contributed by atoms with van der Waals surface area (Å²) < 4.78 is 12.5. The molecular weight excluding hydrogens is 308 g/mol. The van der Waals surface area contributed by atoms with Gasteiger partial charge in [0.25, 0.3) is 0 Å². The minimum absolute atomic E-state index is 0.424. The number of hydrogen-bond donors (Lipinski definition) is 0. The molecule has 4 rings (SSSR count). The molecule has 0 aromatic rings. The maximum absolute atomic E-state index is 6.41. The Labute approximate surface area is 154 Å². The van der Waals surface area contributed by atoms with Gasteiger partial charge in [-0.3, -0.25) is 0 Å². The lowest BCUT2D eigenvalue weighted by Gasteiger charge is -2.62. The van der Waals surface area contributed by atoms with Crippen molar-refractivity contribution < 1.29 is 9.47 Å². The highest BCUT2D eigenvalue weighted by atomic mass is 16.5. The average Bonchev–Trinajstić information content (AvgIpc) is 2.97. The second-order valence-electron chi connectivity index (χ2n) is 9.76. The Morgan fingerprint density at radius 2 is 1.80 bits per heavy atom. The van der Waals surface area contributed by atoms with Gasteiger partial charge in [0.15, 0.2) is 0 Å². The Balaban J connectivity index is 1.65. The first-order valence-corrected chi connectivity index (χ1v) is 10.9. The first kappa shape index (κ1) is 18.0. The number of hydrogen-bond acceptors (Lipinski definition) is 2. The molecule has 142 valence electrons. The van der Waals surface area contributed by atoms with Crippen molar-refractivity contribution in [1.82, 2.24) is 0 Å². The molecule has 3 unspecified atom stereocenters. The van der Waals surface area contributed by atoms with Crippen LogP contribution in [0.3, 0.4) is 0 Å². The fraction of sp³-hybridized carbons (Fsp3) is 0.913. The Kier molecular flexibility index (Phi) is 4.82. The van der Waals surface area contributed by atoms with Crippen molar-refractivity contribution in [2.45, 2.75) is 84.8 Å². The van der Waals surface area contributed by atoms with Crippen molar-refractivity contribution in [3.05, 3.63) is 12.2 Å². The lowest BCUT2D eigenvalue weighted by atomic mass is 9.44. The fourth-order valence-electron chi connectivity index (χ4n) is 7.50. The van der Waals surface area contributed by atoms with E-state index in [0.29, 0.717) is 23.0 Å². The summed E-state index contributed by atoms with van der Waals surface area (Å²) in [4.78, 5) is 0. The monoisotopic (exact) mass is 346 g/mol. The molecule has 0 saturated heterocycles. The first-order valence-electron chi connectivity index (χ1n) is 10.9. The minimum atomic E-state index is 0.424. The molecule has 0 bridgehead atoms. The predicted molar refractivity (Wildman–Crippen MR) is 102 cm³/mol. The SMILES string of the molecule is CCOC1CCC2CC(OCC)[C@H]3[C@@H]4CC=C[C@@]4(C)CC[C@@H]3[C@@]2(C)C1. The Bertz CT molecular complexity index is 514. The molecule has 0 aliphatic heterocycles. The zero-order valence-electron chi connectivity index (χ0n) is 16.8. The third kappa shape index (κ3) is 2.83. The third-order valence-electron chi connectivity index (χ3n) is 8.67. The summed E-state index contributed by atoms with van der Waals surface area (Å²) in [6.07, 6.45) is 15.2. The summed E-state index contributed by atoms with van der Waals surface area (Å²) in [6.45, 7) is 11.2. The molecule has 25 heavy (non-hydrogen) atoms. The second kappa shape index (κ2) is 6.68. The molecular formula is C23H38O2. The standard InChI is InChI=1S/C23H38O2/c1-5-24-17-10-9-16-14-20(25-6-2)21-18-8-7-12-22(18,3)13-11-19(21)23(16,4)15-17/h7,12,16-21H,5-6,8-11,13-15H2,1-4H3/t16?,17?,18-,19-,20?,21-,22-,23-/m0/s1. The number of allylic oxidation sites excluding steroid dienone is 2. The van der Waals surface area contributed by atoms with Crippen LogP contribution in [-0.2, 0) is 9.47 Å². The maximum Gasteiger partial charge on any atom is 0.0611 e. The molecule has 0 spiro atoms. The second-order valence-corrected chi connectivity index (χ2v) is 9.76. The van der Waals surface area contributed by atoms with Crippen LogP contribution in [0.25, 0.3) is 0 Å². The van der Waals surface area contributed by atoms with E-state index in [4.69, 9.17) is 9.47 Å². The summed E-state index contributed by atoms with van der Waals surface area (Å²) in [6, 6.07) is 0. The van der Waals surface area contributed by atoms with Crippen LogP contribution in [0.4, 0.5) is 0 Å². The molecule has 3 saturated carbocycles. The lowest BCUT2D eigenvalue weighted by molar-refractivity contribution is -0.185. The molecule has 0 aromatic carbocycles. The van der Waals surface area contributed by atoms with E-state index >= 15 is 0 Å². The molecule has 3 fully saturated rings. The van der Waals surface area contributed by atoms with Crippen molar-refractivity contribution in [3.8, 4) is 0 Å². The van der Waals surface area contributed by atoms with Crippen LogP contribution in [0, 0.1) is 34.5 Å². The van der Waals surface area contributed by atoms with Gasteiger partial charge in [0, 0.05) is 13.2 Å². The molecule has 2 heteroatoms. The summed E-state index contributed by atoms with van der Waals surface area (Å²) in [5.41, 5.74) is 0.883.